The molecule has 5 heterocycles. The van der Waals surface area contributed by atoms with Crippen molar-refractivity contribution in [3.8, 4) is 0 Å². The Bertz CT molecular complexity index is 1150. The van der Waals surface area contributed by atoms with Gasteiger partial charge in [0.15, 0.2) is 5.65 Å². The average molecular weight is 392 g/mol. The summed E-state index contributed by atoms with van der Waals surface area (Å²) in [4.78, 5) is 34.3. The Kier molecular flexibility index (Phi) is 4.24. The van der Waals surface area contributed by atoms with Crippen molar-refractivity contribution in [1.29, 1.82) is 0 Å². The molecule has 150 valence electrons. The first kappa shape index (κ1) is 18.1. The quantitative estimate of drug-likeness (QED) is 0.670. The van der Waals surface area contributed by atoms with E-state index in [2.05, 4.69) is 16.1 Å². The highest BCUT2D eigenvalue weighted by Gasteiger charge is 2.37. The number of rotatable bonds is 3. The molecular formula is C21H24N6O2. The van der Waals surface area contributed by atoms with Gasteiger partial charge in [-0.2, -0.15) is 5.10 Å². The Labute approximate surface area is 168 Å². The van der Waals surface area contributed by atoms with Crippen molar-refractivity contribution in [1.82, 2.24) is 29.0 Å². The SMILES string of the molecule is CN(C)Cc1ccc2n(c1=O)C[C@H]1C[C@@H]2CN(C(=O)c2cccc3ncnn23)C1. The first-order valence-corrected chi connectivity index (χ1v) is 9.96. The van der Waals surface area contributed by atoms with Crippen LogP contribution >= 0.6 is 0 Å². The maximum Gasteiger partial charge on any atom is 0.272 e. The second-order valence-corrected chi connectivity index (χ2v) is 8.39. The zero-order valence-corrected chi connectivity index (χ0v) is 16.7. The van der Waals surface area contributed by atoms with Crippen LogP contribution in [0.4, 0.5) is 0 Å². The van der Waals surface area contributed by atoms with Crippen LogP contribution < -0.4 is 5.56 Å². The highest BCUT2D eigenvalue weighted by molar-refractivity contribution is 5.93. The van der Waals surface area contributed by atoms with Gasteiger partial charge in [0.25, 0.3) is 11.5 Å². The van der Waals surface area contributed by atoms with E-state index >= 15 is 0 Å². The minimum Gasteiger partial charge on any atom is -0.336 e. The largest absolute Gasteiger partial charge is 0.336 e. The third kappa shape index (κ3) is 3.04. The van der Waals surface area contributed by atoms with E-state index in [9.17, 15) is 9.59 Å². The molecule has 3 aromatic rings. The number of likely N-dealkylation sites (tertiary alicyclic amines) is 1. The first-order valence-electron chi connectivity index (χ1n) is 9.96. The number of carbonyl (C=O) groups is 1. The number of fused-ring (bicyclic) bond motifs is 5. The molecule has 0 aromatic carbocycles. The van der Waals surface area contributed by atoms with E-state index < -0.39 is 0 Å². The Morgan fingerprint density at radius 3 is 2.86 bits per heavy atom. The highest BCUT2D eigenvalue weighted by Crippen LogP contribution is 2.35. The number of hydrogen-bond acceptors (Lipinski definition) is 5. The summed E-state index contributed by atoms with van der Waals surface area (Å²) in [6.07, 6.45) is 2.48. The number of hydrogen-bond donors (Lipinski definition) is 0. The Hall–Kier alpha value is -3.00. The molecule has 2 aliphatic heterocycles. The highest BCUT2D eigenvalue weighted by atomic mass is 16.2. The van der Waals surface area contributed by atoms with Crippen molar-refractivity contribution in [2.75, 3.05) is 27.2 Å². The molecule has 2 aliphatic rings. The van der Waals surface area contributed by atoms with Gasteiger partial charge in [-0.3, -0.25) is 9.59 Å². The van der Waals surface area contributed by atoms with Gasteiger partial charge in [-0.1, -0.05) is 12.1 Å². The first-order chi connectivity index (χ1) is 14.0. The summed E-state index contributed by atoms with van der Waals surface area (Å²) in [6.45, 7) is 2.58. The van der Waals surface area contributed by atoms with Gasteiger partial charge < -0.3 is 14.4 Å². The van der Waals surface area contributed by atoms with Crippen LogP contribution in [-0.2, 0) is 13.1 Å². The lowest BCUT2D eigenvalue weighted by Gasteiger charge is -2.43. The van der Waals surface area contributed by atoms with Gasteiger partial charge >= 0.3 is 0 Å². The predicted molar refractivity (Wildman–Crippen MR) is 108 cm³/mol. The molecule has 1 saturated heterocycles. The Morgan fingerprint density at radius 2 is 2.03 bits per heavy atom. The van der Waals surface area contributed by atoms with Crippen molar-refractivity contribution in [3.05, 3.63) is 64.0 Å². The standard InChI is InChI=1S/C21H24N6O2/c1-24(2)11-15-6-7-17-16-8-14(10-26(17)20(15)28)9-25(12-16)21(29)18-4-3-5-19-22-13-23-27(18)19/h3-7,13-14,16H,8-12H2,1-2H3/t14-,16+/m0/s1. The molecule has 3 aromatic heterocycles. The molecule has 5 rings (SSSR count). The topological polar surface area (TPSA) is 75.7 Å². The van der Waals surface area contributed by atoms with Crippen LogP contribution in [0.25, 0.3) is 5.65 Å². The number of pyridine rings is 2. The number of nitrogens with zero attached hydrogens (tertiary/aromatic N) is 6. The molecule has 2 atom stereocenters. The fourth-order valence-corrected chi connectivity index (χ4v) is 4.79. The van der Waals surface area contributed by atoms with Gasteiger partial charge in [-0.25, -0.2) is 9.50 Å². The van der Waals surface area contributed by atoms with Gasteiger partial charge in [-0.15, -0.1) is 0 Å². The molecule has 1 fully saturated rings. The van der Waals surface area contributed by atoms with Crippen molar-refractivity contribution in [2.24, 2.45) is 5.92 Å². The zero-order chi connectivity index (χ0) is 20.1. The summed E-state index contributed by atoms with van der Waals surface area (Å²) >= 11 is 0. The summed E-state index contributed by atoms with van der Waals surface area (Å²) in [7, 11) is 3.94. The zero-order valence-electron chi connectivity index (χ0n) is 16.7. The van der Waals surface area contributed by atoms with Crippen molar-refractivity contribution in [3.63, 3.8) is 0 Å². The van der Waals surface area contributed by atoms with Crippen LogP contribution in [0, 0.1) is 5.92 Å². The van der Waals surface area contributed by atoms with Crippen molar-refractivity contribution < 1.29 is 4.79 Å². The van der Waals surface area contributed by atoms with E-state index in [1.54, 1.807) is 10.6 Å². The molecule has 1 amide bonds. The summed E-state index contributed by atoms with van der Waals surface area (Å²) in [6, 6.07) is 9.49. The molecule has 0 radical (unpaired) electrons. The maximum atomic E-state index is 13.3. The van der Waals surface area contributed by atoms with Crippen LogP contribution in [0.1, 0.15) is 34.1 Å². The van der Waals surface area contributed by atoms with Crippen LogP contribution in [0.2, 0.25) is 0 Å². The molecule has 29 heavy (non-hydrogen) atoms. The monoisotopic (exact) mass is 392 g/mol. The minimum atomic E-state index is -0.0316. The lowest BCUT2D eigenvalue weighted by atomic mass is 9.83. The van der Waals surface area contributed by atoms with Gasteiger partial charge in [0.1, 0.15) is 12.0 Å². The van der Waals surface area contributed by atoms with E-state index in [1.165, 1.54) is 6.33 Å². The van der Waals surface area contributed by atoms with Crippen LogP contribution in [0.15, 0.2) is 41.5 Å². The second kappa shape index (κ2) is 6.81. The van der Waals surface area contributed by atoms with Gasteiger partial charge in [0, 0.05) is 43.4 Å². The van der Waals surface area contributed by atoms with Crippen LogP contribution in [0.5, 0.6) is 0 Å². The minimum absolute atomic E-state index is 0.0316. The molecular weight excluding hydrogens is 368 g/mol. The summed E-state index contributed by atoms with van der Waals surface area (Å²) in [5.74, 6) is 0.436. The van der Waals surface area contributed by atoms with Gasteiger partial charge in [-0.05, 0) is 44.6 Å². The normalized spacial score (nSPS) is 20.9. The molecule has 0 unspecified atom stereocenters. The average Bonchev–Trinajstić information content (AvgIpc) is 3.18. The number of aromatic nitrogens is 4. The lowest BCUT2D eigenvalue weighted by molar-refractivity contribution is 0.0585. The molecule has 0 aliphatic carbocycles. The Morgan fingerprint density at radius 1 is 1.17 bits per heavy atom. The molecule has 0 N–H and O–H groups in total. The second-order valence-electron chi connectivity index (χ2n) is 8.39. The van der Waals surface area contributed by atoms with Crippen molar-refractivity contribution in [2.45, 2.75) is 25.4 Å². The fourth-order valence-electron chi connectivity index (χ4n) is 4.79. The Balaban J connectivity index is 1.45. The third-order valence-electron chi connectivity index (χ3n) is 5.98. The molecule has 0 spiro atoms. The van der Waals surface area contributed by atoms with Crippen LogP contribution in [0.3, 0.4) is 0 Å². The molecule has 8 heteroatoms. The number of amides is 1. The van der Waals surface area contributed by atoms with Gasteiger partial charge in [0.2, 0.25) is 0 Å². The smallest absolute Gasteiger partial charge is 0.272 e. The van der Waals surface area contributed by atoms with Gasteiger partial charge in [0.05, 0.1) is 0 Å². The van der Waals surface area contributed by atoms with E-state index in [0.29, 0.717) is 37.5 Å². The predicted octanol–water partition coefficient (Wildman–Crippen LogP) is 1.21. The molecule has 2 bridgehead atoms. The number of carbonyl (C=O) groups excluding carboxylic acids is 1. The lowest BCUT2D eigenvalue weighted by Crippen LogP contribution is -2.49. The summed E-state index contributed by atoms with van der Waals surface area (Å²) in [5.41, 5.74) is 3.17. The molecule has 8 nitrogen and oxygen atoms in total. The fraction of sp³-hybridized carbons (Fsp3) is 0.429. The van der Waals surface area contributed by atoms with E-state index in [-0.39, 0.29) is 23.3 Å². The maximum absolute atomic E-state index is 13.3. The third-order valence-corrected chi connectivity index (χ3v) is 5.98. The summed E-state index contributed by atoms with van der Waals surface area (Å²) < 4.78 is 3.54. The molecule has 0 saturated carbocycles. The van der Waals surface area contributed by atoms with E-state index in [1.807, 2.05) is 46.7 Å². The number of piperidine rings is 1. The van der Waals surface area contributed by atoms with E-state index in [4.69, 9.17) is 0 Å². The summed E-state index contributed by atoms with van der Waals surface area (Å²) in [5, 5.41) is 4.20. The van der Waals surface area contributed by atoms with Crippen LogP contribution in [-0.4, -0.2) is 62.1 Å². The van der Waals surface area contributed by atoms with E-state index in [0.717, 1.165) is 17.7 Å². The van der Waals surface area contributed by atoms with Crippen molar-refractivity contribution >= 4 is 11.6 Å².